The first-order chi connectivity index (χ1) is 16.7. The van der Waals surface area contributed by atoms with Crippen LogP contribution in [0.3, 0.4) is 0 Å². The lowest BCUT2D eigenvalue weighted by Crippen LogP contribution is -2.35. The van der Waals surface area contributed by atoms with E-state index in [9.17, 15) is 9.59 Å². The zero-order valence-corrected chi connectivity index (χ0v) is 19.3. The standard InChI is InChI=1S/C28H31N3O3/c32-27(21-29-24-14-12-23(13-15-24)28(33)31-17-5-2-6-18-31)30-25-10-7-11-26(20-25)34-19-16-22-8-3-1-4-9-22/h1,3-4,7-15,20,29H,2,5-6,16-19,21H2,(H,30,32). The molecular weight excluding hydrogens is 426 g/mol. The zero-order valence-electron chi connectivity index (χ0n) is 19.3. The summed E-state index contributed by atoms with van der Waals surface area (Å²) in [7, 11) is 0. The van der Waals surface area contributed by atoms with Crippen molar-refractivity contribution < 1.29 is 14.3 Å². The molecule has 6 heteroatoms. The van der Waals surface area contributed by atoms with Crippen molar-refractivity contribution in [2.45, 2.75) is 25.7 Å². The number of carbonyl (C=O) groups is 2. The van der Waals surface area contributed by atoms with E-state index in [1.165, 1.54) is 12.0 Å². The number of nitrogens with zero attached hydrogens (tertiary/aromatic N) is 1. The van der Waals surface area contributed by atoms with Crippen LogP contribution in [0.2, 0.25) is 0 Å². The second-order valence-corrected chi connectivity index (χ2v) is 8.44. The third-order valence-electron chi connectivity index (χ3n) is 5.85. The van der Waals surface area contributed by atoms with Crippen molar-refractivity contribution in [3.8, 4) is 5.75 Å². The van der Waals surface area contributed by atoms with Crippen molar-refractivity contribution in [3.05, 3.63) is 90.0 Å². The molecule has 0 aromatic heterocycles. The molecule has 6 nitrogen and oxygen atoms in total. The Morgan fingerprint density at radius 3 is 2.35 bits per heavy atom. The van der Waals surface area contributed by atoms with E-state index in [1.54, 1.807) is 0 Å². The molecule has 0 radical (unpaired) electrons. The fraction of sp³-hybridized carbons (Fsp3) is 0.286. The van der Waals surface area contributed by atoms with Crippen LogP contribution in [0.15, 0.2) is 78.9 Å². The molecule has 1 aliphatic rings. The van der Waals surface area contributed by atoms with E-state index in [0.717, 1.165) is 43.8 Å². The van der Waals surface area contributed by atoms with Crippen LogP contribution in [-0.2, 0) is 11.2 Å². The van der Waals surface area contributed by atoms with Crippen LogP contribution < -0.4 is 15.4 Å². The normalized spacial score (nSPS) is 13.2. The number of hydrogen-bond acceptors (Lipinski definition) is 4. The van der Waals surface area contributed by atoms with Crippen molar-refractivity contribution in [2.24, 2.45) is 0 Å². The van der Waals surface area contributed by atoms with Crippen molar-refractivity contribution in [3.63, 3.8) is 0 Å². The largest absolute Gasteiger partial charge is 0.493 e. The molecule has 0 atom stereocenters. The lowest BCUT2D eigenvalue weighted by molar-refractivity contribution is -0.114. The first kappa shape index (κ1) is 23.4. The van der Waals surface area contributed by atoms with E-state index >= 15 is 0 Å². The number of carbonyl (C=O) groups excluding carboxylic acids is 2. The number of amides is 2. The van der Waals surface area contributed by atoms with Crippen LogP contribution in [0.4, 0.5) is 11.4 Å². The average molecular weight is 458 g/mol. The molecule has 1 aliphatic heterocycles. The first-order valence-electron chi connectivity index (χ1n) is 11.9. The predicted octanol–water partition coefficient (Wildman–Crippen LogP) is 4.98. The quantitative estimate of drug-likeness (QED) is 0.475. The van der Waals surface area contributed by atoms with Gasteiger partial charge in [0.2, 0.25) is 5.91 Å². The van der Waals surface area contributed by atoms with Crippen LogP contribution in [0.5, 0.6) is 5.75 Å². The number of anilines is 2. The molecule has 1 fully saturated rings. The number of nitrogens with one attached hydrogen (secondary N) is 2. The Labute approximate surface area is 200 Å². The van der Waals surface area contributed by atoms with Gasteiger partial charge < -0.3 is 20.3 Å². The van der Waals surface area contributed by atoms with Gasteiger partial charge in [0.15, 0.2) is 0 Å². The minimum absolute atomic E-state index is 0.0786. The minimum atomic E-state index is -0.157. The van der Waals surface area contributed by atoms with Gasteiger partial charge in [-0.15, -0.1) is 0 Å². The summed E-state index contributed by atoms with van der Waals surface area (Å²) in [6, 6.07) is 24.9. The monoisotopic (exact) mass is 457 g/mol. The van der Waals surface area contributed by atoms with Gasteiger partial charge in [-0.05, 0) is 61.2 Å². The summed E-state index contributed by atoms with van der Waals surface area (Å²) in [4.78, 5) is 26.9. The highest BCUT2D eigenvalue weighted by Crippen LogP contribution is 2.18. The van der Waals surface area contributed by atoms with Gasteiger partial charge in [0.25, 0.3) is 5.91 Å². The molecule has 0 bridgehead atoms. The molecule has 1 heterocycles. The van der Waals surface area contributed by atoms with Crippen molar-refractivity contribution >= 4 is 23.2 Å². The van der Waals surface area contributed by atoms with E-state index in [0.29, 0.717) is 17.9 Å². The van der Waals surface area contributed by atoms with Crippen LogP contribution in [0.25, 0.3) is 0 Å². The number of benzene rings is 3. The maximum Gasteiger partial charge on any atom is 0.253 e. The van der Waals surface area contributed by atoms with Crippen molar-refractivity contribution in [1.29, 1.82) is 0 Å². The van der Waals surface area contributed by atoms with Crippen LogP contribution in [0.1, 0.15) is 35.2 Å². The molecule has 2 amide bonds. The van der Waals surface area contributed by atoms with Crippen molar-refractivity contribution in [2.75, 3.05) is 36.9 Å². The zero-order chi connectivity index (χ0) is 23.6. The van der Waals surface area contributed by atoms with Gasteiger partial charge in [-0.1, -0.05) is 36.4 Å². The minimum Gasteiger partial charge on any atom is -0.493 e. The van der Waals surface area contributed by atoms with Gasteiger partial charge in [-0.3, -0.25) is 9.59 Å². The van der Waals surface area contributed by atoms with Gasteiger partial charge >= 0.3 is 0 Å². The van der Waals surface area contributed by atoms with E-state index in [1.807, 2.05) is 71.6 Å². The Kier molecular flexibility index (Phi) is 8.17. The molecule has 176 valence electrons. The van der Waals surface area contributed by atoms with E-state index in [4.69, 9.17) is 4.74 Å². The highest BCUT2D eigenvalue weighted by atomic mass is 16.5. The SMILES string of the molecule is O=C(CNc1ccc(C(=O)N2CCCCC2)cc1)Nc1cccc(OCCc2ccccc2)c1. The smallest absolute Gasteiger partial charge is 0.253 e. The summed E-state index contributed by atoms with van der Waals surface area (Å²) in [5, 5.41) is 6.00. The molecule has 0 saturated carbocycles. The van der Waals surface area contributed by atoms with Gasteiger partial charge in [-0.2, -0.15) is 0 Å². The van der Waals surface area contributed by atoms with E-state index < -0.39 is 0 Å². The maximum absolute atomic E-state index is 12.6. The van der Waals surface area contributed by atoms with Gasteiger partial charge in [0.05, 0.1) is 13.2 Å². The lowest BCUT2D eigenvalue weighted by atomic mass is 10.1. The molecule has 3 aromatic carbocycles. The fourth-order valence-electron chi connectivity index (χ4n) is 3.99. The molecule has 0 aliphatic carbocycles. The number of rotatable bonds is 9. The highest BCUT2D eigenvalue weighted by Gasteiger charge is 2.17. The maximum atomic E-state index is 12.6. The van der Waals surface area contributed by atoms with E-state index in [-0.39, 0.29) is 18.4 Å². The molecule has 0 spiro atoms. The molecular formula is C28H31N3O3. The third-order valence-corrected chi connectivity index (χ3v) is 5.85. The Bertz CT molecular complexity index is 1080. The molecule has 2 N–H and O–H groups in total. The fourth-order valence-corrected chi connectivity index (χ4v) is 3.99. The van der Waals surface area contributed by atoms with Crippen molar-refractivity contribution in [1.82, 2.24) is 4.90 Å². The number of piperidine rings is 1. The summed E-state index contributed by atoms with van der Waals surface area (Å²) in [5.74, 6) is 0.639. The summed E-state index contributed by atoms with van der Waals surface area (Å²) >= 11 is 0. The molecule has 0 unspecified atom stereocenters. The summed E-state index contributed by atoms with van der Waals surface area (Å²) in [6.45, 7) is 2.36. The molecule has 1 saturated heterocycles. The van der Waals surface area contributed by atoms with Crippen LogP contribution in [-0.4, -0.2) is 43.0 Å². The van der Waals surface area contributed by atoms with E-state index in [2.05, 4.69) is 22.8 Å². The highest BCUT2D eigenvalue weighted by molar-refractivity contribution is 5.95. The summed E-state index contributed by atoms with van der Waals surface area (Å²) in [6.07, 6.45) is 4.16. The third kappa shape index (κ3) is 6.85. The Balaban J connectivity index is 1.22. The number of hydrogen-bond donors (Lipinski definition) is 2. The molecule has 34 heavy (non-hydrogen) atoms. The lowest BCUT2D eigenvalue weighted by Gasteiger charge is -2.26. The molecule has 4 rings (SSSR count). The Morgan fingerprint density at radius 1 is 0.824 bits per heavy atom. The Morgan fingerprint density at radius 2 is 1.59 bits per heavy atom. The summed E-state index contributed by atoms with van der Waals surface area (Å²) < 4.78 is 5.84. The first-order valence-corrected chi connectivity index (χ1v) is 11.9. The topological polar surface area (TPSA) is 70.7 Å². The second-order valence-electron chi connectivity index (χ2n) is 8.44. The van der Waals surface area contributed by atoms with Crippen LogP contribution in [0, 0.1) is 0 Å². The van der Waals surface area contributed by atoms with Crippen LogP contribution >= 0.6 is 0 Å². The molecule has 3 aromatic rings. The average Bonchev–Trinajstić information content (AvgIpc) is 2.89. The van der Waals surface area contributed by atoms with Gasteiger partial charge in [0.1, 0.15) is 5.75 Å². The number of ether oxygens (including phenoxy) is 1. The number of likely N-dealkylation sites (tertiary alicyclic amines) is 1. The predicted molar refractivity (Wildman–Crippen MR) is 135 cm³/mol. The van der Waals surface area contributed by atoms with Gasteiger partial charge in [-0.25, -0.2) is 0 Å². The van der Waals surface area contributed by atoms with Gasteiger partial charge in [0, 0.05) is 42.5 Å². The summed E-state index contributed by atoms with van der Waals surface area (Å²) in [5.41, 5.74) is 3.39. The Hall–Kier alpha value is -3.80. The second kappa shape index (κ2) is 11.9.